The van der Waals surface area contributed by atoms with Crippen molar-refractivity contribution in [2.45, 2.75) is 12.3 Å². The second kappa shape index (κ2) is 4.24. The Balaban J connectivity index is 3.05. The molecule has 3 nitrogen and oxygen atoms in total. The summed E-state index contributed by atoms with van der Waals surface area (Å²) in [6, 6.07) is 6.31. The Bertz CT molecular complexity index is 373. The molecular weight excluding hydrogens is 204 g/mol. The van der Waals surface area contributed by atoms with Crippen LogP contribution in [0.2, 0.25) is 0 Å². The minimum atomic E-state index is -1.12. The third-order valence-electron chi connectivity index (χ3n) is 1.80. The first kappa shape index (κ1) is 10.7. The van der Waals surface area contributed by atoms with Crippen LogP contribution in [-0.2, 0) is 4.79 Å². The lowest BCUT2D eigenvalue weighted by Gasteiger charge is -2.05. The van der Waals surface area contributed by atoms with Crippen molar-refractivity contribution in [3.8, 4) is 0 Å². The normalized spacial score (nSPS) is 12.1. The first-order valence-corrected chi connectivity index (χ1v) is 4.44. The van der Waals surface area contributed by atoms with E-state index in [0.717, 1.165) is 0 Å². The summed E-state index contributed by atoms with van der Waals surface area (Å²) in [5.74, 6) is -1.23. The fraction of sp³-hybridized carbons (Fsp3) is 0.200. The molecule has 0 aliphatic rings. The first-order valence-electron chi connectivity index (χ1n) is 4.00. The SMILES string of the molecule is CC(=O)c1cccc(C(Cl)C(=O)O)c1. The van der Waals surface area contributed by atoms with Crippen LogP contribution in [0.3, 0.4) is 0 Å². The number of carboxylic acid groups (broad SMARTS) is 1. The van der Waals surface area contributed by atoms with E-state index < -0.39 is 11.3 Å². The van der Waals surface area contributed by atoms with Crippen LogP contribution in [-0.4, -0.2) is 16.9 Å². The Morgan fingerprint density at radius 3 is 2.57 bits per heavy atom. The summed E-state index contributed by atoms with van der Waals surface area (Å²) in [4.78, 5) is 21.6. The lowest BCUT2D eigenvalue weighted by Crippen LogP contribution is -2.05. The van der Waals surface area contributed by atoms with Gasteiger partial charge in [-0.25, -0.2) is 0 Å². The van der Waals surface area contributed by atoms with Crippen LogP contribution in [0.25, 0.3) is 0 Å². The van der Waals surface area contributed by atoms with Gasteiger partial charge in [-0.1, -0.05) is 18.2 Å². The summed E-state index contributed by atoms with van der Waals surface area (Å²) in [5, 5.41) is 7.55. The first-order chi connectivity index (χ1) is 6.52. The van der Waals surface area contributed by atoms with Gasteiger partial charge in [-0.15, -0.1) is 11.6 Å². The van der Waals surface area contributed by atoms with Crippen molar-refractivity contribution in [2.24, 2.45) is 0 Å². The number of rotatable bonds is 3. The molecule has 1 aromatic rings. The van der Waals surface area contributed by atoms with Crippen LogP contribution in [0.1, 0.15) is 28.2 Å². The molecule has 1 aromatic carbocycles. The molecule has 1 rings (SSSR count). The van der Waals surface area contributed by atoms with Crippen LogP contribution in [0, 0.1) is 0 Å². The van der Waals surface area contributed by atoms with Crippen molar-refractivity contribution >= 4 is 23.4 Å². The number of hydrogen-bond acceptors (Lipinski definition) is 2. The maximum absolute atomic E-state index is 11.0. The van der Waals surface area contributed by atoms with E-state index in [0.29, 0.717) is 11.1 Å². The molecule has 0 amide bonds. The molecule has 0 radical (unpaired) electrons. The summed E-state index contributed by atoms with van der Waals surface area (Å²) >= 11 is 5.61. The minimum absolute atomic E-state index is 0.110. The summed E-state index contributed by atoms with van der Waals surface area (Å²) in [7, 11) is 0. The van der Waals surface area contributed by atoms with Gasteiger partial charge >= 0.3 is 5.97 Å². The lowest BCUT2D eigenvalue weighted by atomic mass is 10.1. The number of carbonyl (C=O) groups excluding carboxylic acids is 1. The van der Waals surface area contributed by atoms with E-state index in [9.17, 15) is 9.59 Å². The Kier molecular flexibility index (Phi) is 3.25. The van der Waals surface area contributed by atoms with Crippen molar-refractivity contribution < 1.29 is 14.7 Å². The van der Waals surface area contributed by atoms with Crippen molar-refractivity contribution in [2.75, 3.05) is 0 Å². The highest BCUT2D eigenvalue weighted by Crippen LogP contribution is 2.21. The number of ketones is 1. The van der Waals surface area contributed by atoms with E-state index in [4.69, 9.17) is 16.7 Å². The molecule has 0 aliphatic carbocycles. The molecule has 0 spiro atoms. The van der Waals surface area contributed by atoms with Crippen LogP contribution >= 0.6 is 11.6 Å². The zero-order chi connectivity index (χ0) is 10.7. The Labute approximate surface area is 86.3 Å². The van der Waals surface area contributed by atoms with E-state index >= 15 is 0 Å². The van der Waals surface area contributed by atoms with Gasteiger partial charge in [0.15, 0.2) is 11.2 Å². The predicted molar refractivity (Wildman–Crippen MR) is 52.7 cm³/mol. The highest BCUT2D eigenvalue weighted by atomic mass is 35.5. The second-order valence-electron chi connectivity index (χ2n) is 2.88. The zero-order valence-electron chi connectivity index (χ0n) is 7.53. The maximum Gasteiger partial charge on any atom is 0.326 e. The van der Waals surface area contributed by atoms with Gasteiger partial charge in [0.25, 0.3) is 0 Å². The van der Waals surface area contributed by atoms with Gasteiger partial charge < -0.3 is 5.11 Å². The maximum atomic E-state index is 11.0. The monoisotopic (exact) mass is 212 g/mol. The van der Waals surface area contributed by atoms with E-state index in [1.807, 2.05) is 0 Å². The third-order valence-corrected chi connectivity index (χ3v) is 2.24. The largest absolute Gasteiger partial charge is 0.480 e. The number of benzene rings is 1. The van der Waals surface area contributed by atoms with E-state index in [1.165, 1.54) is 13.0 Å². The van der Waals surface area contributed by atoms with Crippen LogP contribution in [0.15, 0.2) is 24.3 Å². The highest BCUT2D eigenvalue weighted by Gasteiger charge is 2.16. The van der Waals surface area contributed by atoms with Crippen molar-refractivity contribution in [1.82, 2.24) is 0 Å². The molecule has 1 N–H and O–H groups in total. The second-order valence-corrected chi connectivity index (χ2v) is 3.32. The molecule has 0 heterocycles. The lowest BCUT2D eigenvalue weighted by molar-refractivity contribution is -0.136. The number of Topliss-reactive ketones (excluding diaryl/α,β-unsaturated/α-hetero) is 1. The van der Waals surface area contributed by atoms with Gasteiger partial charge in [0, 0.05) is 5.56 Å². The molecule has 0 aliphatic heterocycles. The Morgan fingerprint density at radius 1 is 1.43 bits per heavy atom. The van der Waals surface area contributed by atoms with Crippen molar-refractivity contribution in [3.63, 3.8) is 0 Å². The van der Waals surface area contributed by atoms with E-state index in [-0.39, 0.29) is 5.78 Å². The quantitative estimate of drug-likeness (QED) is 0.618. The van der Waals surface area contributed by atoms with Crippen LogP contribution in [0.5, 0.6) is 0 Å². The number of halogens is 1. The van der Waals surface area contributed by atoms with E-state index in [1.54, 1.807) is 18.2 Å². The predicted octanol–water partition coefficient (Wildman–Crippen LogP) is 2.25. The summed E-state index contributed by atoms with van der Waals surface area (Å²) < 4.78 is 0. The molecule has 0 saturated carbocycles. The van der Waals surface area contributed by atoms with Gasteiger partial charge in [0.05, 0.1) is 0 Å². The van der Waals surface area contributed by atoms with Gasteiger partial charge in [-0.3, -0.25) is 9.59 Å². The van der Waals surface area contributed by atoms with Crippen molar-refractivity contribution in [1.29, 1.82) is 0 Å². The van der Waals surface area contributed by atoms with Crippen molar-refractivity contribution in [3.05, 3.63) is 35.4 Å². The topological polar surface area (TPSA) is 54.4 Å². The molecule has 74 valence electrons. The average molecular weight is 213 g/mol. The molecular formula is C10H9ClO3. The molecule has 1 unspecified atom stereocenters. The smallest absolute Gasteiger partial charge is 0.326 e. The fourth-order valence-corrected chi connectivity index (χ4v) is 1.19. The van der Waals surface area contributed by atoms with Gasteiger partial charge in [-0.2, -0.15) is 0 Å². The Morgan fingerprint density at radius 2 is 2.07 bits per heavy atom. The molecule has 1 atom stereocenters. The Hall–Kier alpha value is -1.35. The average Bonchev–Trinajstić information content (AvgIpc) is 2.16. The number of carboxylic acids is 1. The van der Waals surface area contributed by atoms with Crippen LogP contribution in [0.4, 0.5) is 0 Å². The molecule has 14 heavy (non-hydrogen) atoms. The standard InChI is InChI=1S/C10H9ClO3/c1-6(12)7-3-2-4-8(5-7)9(11)10(13)14/h2-5,9H,1H3,(H,13,14). The number of alkyl halides is 1. The number of hydrogen-bond donors (Lipinski definition) is 1. The summed E-state index contributed by atoms with van der Waals surface area (Å²) in [6.07, 6.45) is 0. The summed E-state index contributed by atoms with van der Waals surface area (Å²) in [5.41, 5.74) is 0.890. The van der Waals surface area contributed by atoms with Gasteiger partial charge in [-0.05, 0) is 18.6 Å². The highest BCUT2D eigenvalue weighted by molar-refractivity contribution is 6.29. The molecule has 4 heteroatoms. The van der Waals surface area contributed by atoms with Crippen LogP contribution < -0.4 is 0 Å². The van der Waals surface area contributed by atoms with Gasteiger partial charge in [0.2, 0.25) is 0 Å². The zero-order valence-corrected chi connectivity index (χ0v) is 8.28. The van der Waals surface area contributed by atoms with E-state index in [2.05, 4.69) is 0 Å². The third kappa shape index (κ3) is 2.33. The minimum Gasteiger partial charge on any atom is -0.480 e. The molecule has 0 bridgehead atoms. The summed E-state index contributed by atoms with van der Waals surface area (Å²) in [6.45, 7) is 1.42. The number of aliphatic carboxylic acids is 1. The molecule has 0 aromatic heterocycles. The van der Waals surface area contributed by atoms with Gasteiger partial charge in [0.1, 0.15) is 0 Å². The molecule has 0 saturated heterocycles. The fourth-order valence-electron chi connectivity index (χ4n) is 1.06. The molecule has 0 fully saturated rings. The number of carbonyl (C=O) groups is 2.